The Kier molecular flexibility index (Phi) is 5.11. The van der Waals surface area contributed by atoms with E-state index in [9.17, 15) is 12.8 Å². The van der Waals surface area contributed by atoms with Crippen molar-refractivity contribution in [1.82, 2.24) is 5.43 Å². The van der Waals surface area contributed by atoms with Gasteiger partial charge in [-0.3, -0.25) is 11.3 Å². The van der Waals surface area contributed by atoms with Crippen molar-refractivity contribution in [3.63, 3.8) is 0 Å². The predicted molar refractivity (Wildman–Crippen MR) is 77.8 cm³/mol. The molecule has 0 spiro atoms. The minimum atomic E-state index is -3.28. The van der Waals surface area contributed by atoms with Gasteiger partial charge in [0.2, 0.25) is 0 Å². The molecule has 0 aliphatic rings. The van der Waals surface area contributed by atoms with Crippen LogP contribution in [0.5, 0.6) is 0 Å². The SMILES string of the molecule is CC(C)(C(Cc1ccc(F)c(Br)c1)NN)S(C)(=O)=O. The molecule has 0 heterocycles. The largest absolute Gasteiger partial charge is 0.271 e. The molecule has 0 amide bonds. The van der Waals surface area contributed by atoms with Crippen LogP contribution in [0.2, 0.25) is 0 Å². The molecule has 1 aromatic carbocycles. The number of rotatable bonds is 5. The van der Waals surface area contributed by atoms with Crippen LogP contribution >= 0.6 is 15.9 Å². The molecule has 0 fully saturated rings. The van der Waals surface area contributed by atoms with Crippen LogP contribution in [-0.2, 0) is 16.3 Å². The van der Waals surface area contributed by atoms with Crippen LogP contribution in [0.1, 0.15) is 19.4 Å². The van der Waals surface area contributed by atoms with Crippen LogP contribution in [0.4, 0.5) is 4.39 Å². The van der Waals surface area contributed by atoms with E-state index in [1.807, 2.05) is 0 Å². The van der Waals surface area contributed by atoms with Crippen molar-refractivity contribution in [2.45, 2.75) is 31.1 Å². The number of hydrogen-bond donors (Lipinski definition) is 2. The summed E-state index contributed by atoms with van der Waals surface area (Å²) in [6, 6.07) is 4.10. The zero-order valence-corrected chi connectivity index (χ0v) is 13.5. The molecule has 1 atom stereocenters. The first-order valence-corrected chi connectivity index (χ1v) is 8.37. The lowest BCUT2D eigenvalue weighted by Gasteiger charge is -2.32. The van der Waals surface area contributed by atoms with E-state index >= 15 is 0 Å². The molecule has 0 bridgehead atoms. The van der Waals surface area contributed by atoms with Gasteiger partial charge in [0.25, 0.3) is 0 Å². The maximum atomic E-state index is 13.2. The predicted octanol–water partition coefficient (Wildman–Crippen LogP) is 1.79. The highest BCUT2D eigenvalue weighted by Crippen LogP contribution is 2.24. The van der Waals surface area contributed by atoms with Gasteiger partial charge < -0.3 is 0 Å². The lowest BCUT2D eigenvalue weighted by atomic mass is 9.96. The van der Waals surface area contributed by atoms with Crippen molar-refractivity contribution in [3.8, 4) is 0 Å². The molecule has 1 rings (SSSR count). The second kappa shape index (κ2) is 5.87. The summed E-state index contributed by atoms with van der Waals surface area (Å²) < 4.78 is 36.1. The van der Waals surface area contributed by atoms with Crippen molar-refractivity contribution in [2.24, 2.45) is 5.84 Å². The zero-order valence-electron chi connectivity index (χ0n) is 11.1. The van der Waals surface area contributed by atoms with Crippen LogP contribution in [0, 0.1) is 5.82 Å². The lowest BCUT2D eigenvalue weighted by molar-refractivity contribution is 0.412. The molecular formula is C12H18BrFN2O2S. The van der Waals surface area contributed by atoms with Crippen molar-refractivity contribution < 1.29 is 12.8 Å². The van der Waals surface area contributed by atoms with E-state index < -0.39 is 20.6 Å². The molecule has 4 nitrogen and oxygen atoms in total. The van der Waals surface area contributed by atoms with Gasteiger partial charge in [0, 0.05) is 12.3 Å². The number of nitrogens with one attached hydrogen (secondary N) is 1. The maximum Gasteiger partial charge on any atom is 0.154 e. The summed E-state index contributed by atoms with van der Waals surface area (Å²) in [6.07, 6.45) is 1.56. The third kappa shape index (κ3) is 3.75. The van der Waals surface area contributed by atoms with E-state index in [0.717, 1.165) is 5.56 Å². The highest BCUT2D eigenvalue weighted by atomic mass is 79.9. The Hall–Kier alpha value is -0.500. The summed E-state index contributed by atoms with van der Waals surface area (Å²) in [6.45, 7) is 3.23. The highest BCUT2D eigenvalue weighted by Gasteiger charge is 2.38. The normalized spacial score (nSPS) is 14.4. The fourth-order valence-electron chi connectivity index (χ4n) is 1.67. The highest BCUT2D eigenvalue weighted by molar-refractivity contribution is 9.10. The molecule has 0 aliphatic heterocycles. The lowest BCUT2D eigenvalue weighted by Crippen LogP contribution is -2.55. The topological polar surface area (TPSA) is 72.2 Å². The minimum absolute atomic E-state index is 0.345. The van der Waals surface area contributed by atoms with Gasteiger partial charge in [-0.1, -0.05) is 6.07 Å². The van der Waals surface area contributed by atoms with Crippen LogP contribution in [0.25, 0.3) is 0 Å². The number of halogens is 2. The van der Waals surface area contributed by atoms with E-state index in [1.54, 1.807) is 26.0 Å². The second-order valence-corrected chi connectivity index (χ2v) is 8.50. The molecule has 1 aromatic rings. The van der Waals surface area contributed by atoms with E-state index in [0.29, 0.717) is 10.9 Å². The van der Waals surface area contributed by atoms with Crippen LogP contribution in [0.3, 0.4) is 0 Å². The Morgan fingerprint density at radius 2 is 2.05 bits per heavy atom. The Labute approximate surface area is 121 Å². The first-order chi connectivity index (χ1) is 8.59. The summed E-state index contributed by atoms with van der Waals surface area (Å²) in [5.74, 6) is 5.11. The van der Waals surface area contributed by atoms with Gasteiger partial charge >= 0.3 is 0 Å². The minimum Gasteiger partial charge on any atom is -0.271 e. The van der Waals surface area contributed by atoms with Gasteiger partial charge in [0.1, 0.15) is 5.82 Å². The first-order valence-electron chi connectivity index (χ1n) is 5.69. The van der Waals surface area contributed by atoms with Crippen molar-refractivity contribution in [3.05, 3.63) is 34.1 Å². The summed E-state index contributed by atoms with van der Waals surface area (Å²) in [5.41, 5.74) is 3.34. The average molecular weight is 353 g/mol. The number of hydrazine groups is 1. The third-order valence-electron chi connectivity index (χ3n) is 3.42. The quantitative estimate of drug-likeness (QED) is 0.625. The van der Waals surface area contributed by atoms with Gasteiger partial charge in [0.05, 0.1) is 9.22 Å². The van der Waals surface area contributed by atoms with Crippen LogP contribution in [-0.4, -0.2) is 25.5 Å². The number of benzene rings is 1. The standard InChI is InChI=1S/C12H18BrFN2O2S/c1-12(2,19(3,17)18)11(16-15)7-8-4-5-10(14)9(13)6-8/h4-6,11,16H,7,15H2,1-3H3. The molecule has 19 heavy (non-hydrogen) atoms. The fourth-order valence-corrected chi connectivity index (χ4v) is 2.76. The van der Waals surface area contributed by atoms with E-state index in [2.05, 4.69) is 21.4 Å². The number of nitrogens with two attached hydrogens (primary N) is 1. The Balaban J connectivity index is 3.03. The fraction of sp³-hybridized carbons (Fsp3) is 0.500. The molecule has 0 saturated heterocycles. The molecular weight excluding hydrogens is 335 g/mol. The Bertz CT molecular complexity index is 561. The summed E-state index contributed by atoms with van der Waals surface area (Å²) in [4.78, 5) is 0. The number of hydrogen-bond acceptors (Lipinski definition) is 4. The summed E-state index contributed by atoms with van der Waals surface area (Å²) in [5, 5.41) is 0. The molecule has 0 aromatic heterocycles. The molecule has 7 heteroatoms. The number of sulfone groups is 1. The van der Waals surface area contributed by atoms with Gasteiger partial charge in [-0.2, -0.15) is 0 Å². The molecule has 0 radical (unpaired) electrons. The monoisotopic (exact) mass is 352 g/mol. The van der Waals surface area contributed by atoms with E-state index in [1.165, 1.54) is 12.3 Å². The van der Waals surface area contributed by atoms with Crippen LogP contribution < -0.4 is 11.3 Å². The first kappa shape index (κ1) is 16.6. The average Bonchev–Trinajstić information content (AvgIpc) is 2.28. The summed E-state index contributed by atoms with van der Waals surface area (Å²) >= 11 is 3.10. The van der Waals surface area contributed by atoms with Gasteiger partial charge in [-0.25, -0.2) is 12.8 Å². The zero-order chi connectivity index (χ0) is 14.8. The van der Waals surface area contributed by atoms with Crippen LogP contribution in [0.15, 0.2) is 22.7 Å². The van der Waals surface area contributed by atoms with Crippen molar-refractivity contribution >= 4 is 25.8 Å². The van der Waals surface area contributed by atoms with E-state index in [4.69, 9.17) is 5.84 Å². The Morgan fingerprint density at radius 1 is 1.47 bits per heavy atom. The second-order valence-electron chi connectivity index (χ2n) is 5.05. The van der Waals surface area contributed by atoms with Gasteiger partial charge in [0.15, 0.2) is 9.84 Å². The van der Waals surface area contributed by atoms with Crippen molar-refractivity contribution in [2.75, 3.05) is 6.26 Å². The molecule has 3 N–H and O–H groups in total. The van der Waals surface area contributed by atoms with E-state index in [-0.39, 0.29) is 5.82 Å². The molecule has 0 saturated carbocycles. The van der Waals surface area contributed by atoms with Gasteiger partial charge in [-0.05, 0) is 53.9 Å². The van der Waals surface area contributed by atoms with Crippen molar-refractivity contribution in [1.29, 1.82) is 0 Å². The molecule has 108 valence electrons. The molecule has 0 aliphatic carbocycles. The smallest absolute Gasteiger partial charge is 0.154 e. The van der Waals surface area contributed by atoms with Gasteiger partial charge in [-0.15, -0.1) is 0 Å². The maximum absolute atomic E-state index is 13.2. The third-order valence-corrected chi connectivity index (χ3v) is 6.22. The Morgan fingerprint density at radius 3 is 2.47 bits per heavy atom. The summed E-state index contributed by atoms with van der Waals surface area (Å²) in [7, 11) is -3.28. The molecule has 1 unspecified atom stereocenters.